The number of nitrogens with zero attached hydrogens (tertiary/aromatic N) is 3. The van der Waals surface area contributed by atoms with Gasteiger partial charge in [0.15, 0.2) is 0 Å². The smallest absolute Gasteiger partial charge is 0.245 e. The summed E-state index contributed by atoms with van der Waals surface area (Å²) in [5.74, 6) is 0.857. The summed E-state index contributed by atoms with van der Waals surface area (Å²) in [6.45, 7) is 6.51. The topological polar surface area (TPSA) is 53.1 Å². The molecule has 0 spiro atoms. The van der Waals surface area contributed by atoms with Crippen molar-refractivity contribution in [2.75, 3.05) is 38.1 Å². The van der Waals surface area contributed by atoms with Crippen molar-refractivity contribution in [1.82, 2.24) is 9.80 Å². The summed E-state index contributed by atoms with van der Waals surface area (Å²) in [7, 11) is 1.80. The molecule has 0 N–H and O–H groups in total. The van der Waals surface area contributed by atoms with Crippen LogP contribution in [0.25, 0.3) is 0 Å². The lowest BCUT2D eigenvalue weighted by atomic mass is 10.1. The van der Waals surface area contributed by atoms with Gasteiger partial charge in [0.25, 0.3) is 0 Å². The maximum Gasteiger partial charge on any atom is 0.245 e. The highest BCUT2D eigenvalue weighted by Crippen LogP contribution is 2.33. The normalized spacial score (nSPS) is 22.4. The molecule has 2 aliphatic rings. The molecule has 3 rings (SSSR count). The molecule has 2 heterocycles. The number of amides is 2. The third kappa shape index (κ3) is 3.57. The molecule has 1 aromatic carbocycles. The van der Waals surface area contributed by atoms with Crippen LogP contribution in [-0.2, 0) is 9.59 Å². The lowest BCUT2D eigenvalue weighted by molar-refractivity contribution is -0.142. The van der Waals surface area contributed by atoms with E-state index in [1.807, 2.05) is 18.2 Å². The fourth-order valence-corrected chi connectivity index (χ4v) is 3.82. The first kappa shape index (κ1) is 17.6. The van der Waals surface area contributed by atoms with Crippen molar-refractivity contribution in [2.45, 2.75) is 38.8 Å². The molecule has 0 aromatic heterocycles. The van der Waals surface area contributed by atoms with Gasteiger partial charge in [-0.1, -0.05) is 12.1 Å². The molecule has 0 bridgehead atoms. The lowest BCUT2D eigenvalue weighted by Crippen LogP contribution is -2.51. The Labute approximate surface area is 149 Å². The van der Waals surface area contributed by atoms with Crippen LogP contribution in [0.3, 0.4) is 0 Å². The molecule has 1 aromatic rings. The van der Waals surface area contributed by atoms with Crippen molar-refractivity contribution in [1.29, 1.82) is 0 Å². The molecular weight excluding hydrogens is 318 g/mol. The summed E-state index contributed by atoms with van der Waals surface area (Å²) in [4.78, 5) is 30.2. The Morgan fingerprint density at radius 1 is 1.32 bits per heavy atom. The SMILES string of the molecule is CCN1CC(CN(C)C(=O)[C@@H]2CCCN2C(C)=O)Oc2ccccc21. The second-order valence-corrected chi connectivity index (χ2v) is 6.84. The van der Waals surface area contributed by atoms with Crippen LogP contribution in [0.4, 0.5) is 5.69 Å². The number of rotatable bonds is 4. The highest BCUT2D eigenvalue weighted by atomic mass is 16.5. The molecule has 136 valence electrons. The van der Waals surface area contributed by atoms with Crippen molar-refractivity contribution in [3.05, 3.63) is 24.3 Å². The summed E-state index contributed by atoms with van der Waals surface area (Å²) in [5.41, 5.74) is 1.11. The monoisotopic (exact) mass is 345 g/mol. The fourth-order valence-electron chi connectivity index (χ4n) is 3.82. The molecule has 1 fully saturated rings. The fraction of sp³-hybridized carbons (Fsp3) is 0.579. The molecule has 2 aliphatic heterocycles. The predicted molar refractivity (Wildman–Crippen MR) is 96.8 cm³/mol. The summed E-state index contributed by atoms with van der Waals surface area (Å²) in [6.07, 6.45) is 1.56. The number of anilines is 1. The minimum absolute atomic E-state index is 0.0122. The predicted octanol–water partition coefficient (Wildman–Crippen LogP) is 1.74. The number of fused-ring (bicyclic) bond motifs is 1. The average molecular weight is 345 g/mol. The summed E-state index contributed by atoms with van der Waals surface area (Å²) in [6, 6.07) is 7.69. The number of hydrogen-bond acceptors (Lipinski definition) is 4. The zero-order valence-electron chi connectivity index (χ0n) is 15.3. The molecular formula is C19H27N3O3. The number of para-hydroxylation sites is 2. The van der Waals surface area contributed by atoms with Crippen molar-refractivity contribution < 1.29 is 14.3 Å². The Morgan fingerprint density at radius 3 is 2.80 bits per heavy atom. The Balaban J connectivity index is 1.66. The van der Waals surface area contributed by atoms with E-state index < -0.39 is 0 Å². The van der Waals surface area contributed by atoms with Crippen LogP contribution < -0.4 is 9.64 Å². The van der Waals surface area contributed by atoms with Gasteiger partial charge in [0, 0.05) is 27.1 Å². The van der Waals surface area contributed by atoms with Gasteiger partial charge in [-0.05, 0) is 31.9 Å². The van der Waals surface area contributed by atoms with Crippen molar-refractivity contribution in [2.24, 2.45) is 0 Å². The molecule has 1 saturated heterocycles. The molecule has 6 nitrogen and oxygen atoms in total. The van der Waals surface area contributed by atoms with Gasteiger partial charge in [-0.2, -0.15) is 0 Å². The minimum Gasteiger partial charge on any atom is -0.485 e. The van der Waals surface area contributed by atoms with E-state index in [9.17, 15) is 9.59 Å². The number of carbonyl (C=O) groups excluding carboxylic acids is 2. The number of hydrogen-bond donors (Lipinski definition) is 0. The molecule has 2 amide bonds. The second-order valence-electron chi connectivity index (χ2n) is 6.84. The lowest BCUT2D eigenvalue weighted by Gasteiger charge is -2.37. The van der Waals surface area contributed by atoms with E-state index >= 15 is 0 Å². The van der Waals surface area contributed by atoms with Crippen LogP contribution in [0.5, 0.6) is 5.75 Å². The first-order valence-electron chi connectivity index (χ1n) is 9.04. The van der Waals surface area contributed by atoms with Crippen molar-refractivity contribution in [3.63, 3.8) is 0 Å². The molecule has 6 heteroatoms. The Bertz CT molecular complexity index is 649. The van der Waals surface area contributed by atoms with Gasteiger partial charge < -0.3 is 19.4 Å². The molecule has 0 radical (unpaired) electrons. The quantitative estimate of drug-likeness (QED) is 0.834. The second kappa shape index (κ2) is 7.33. The van der Waals surface area contributed by atoms with Crippen LogP contribution in [0, 0.1) is 0 Å². The van der Waals surface area contributed by atoms with Crippen LogP contribution in [0.2, 0.25) is 0 Å². The summed E-state index contributed by atoms with van der Waals surface area (Å²) >= 11 is 0. The maximum atomic E-state index is 12.8. The van der Waals surface area contributed by atoms with Gasteiger partial charge >= 0.3 is 0 Å². The van der Waals surface area contributed by atoms with E-state index in [1.165, 1.54) is 6.92 Å². The average Bonchev–Trinajstić information content (AvgIpc) is 3.10. The molecule has 1 unspecified atom stereocenters. The number of ether oxygens (including phenoxy) is 1. The molecule has 0 aliphatic carbocycles. The van der Waals surface area contributed by atoms with E-state index in [-0.39, 0.29) is 24.0 Å². The zero-order chi connectivity index (χ0) is 18.0. The Hall–Kier alpha value is -2.24. The van der Waals surface area contributed by atoms with E-state index in [0.717, 1.165) is 37.4 Å². The van der Waals surface area contributed by atoms with Gasteiger partial charge in [-0.15, -0.1) is 0 Å². The van der Waals surface area contributed by atoms with E-state index in [0.29, 0.717) is 13.1 Å². The number of likely N-dealkylation sites (tertiary alicyclic amines) is 1. The Morgan fingerprint density at radius 2 is 2.08 bits per heavy atom. The van der Waals surface area contributed by atoms with Crippen molar-refractivity contribution in [3.8, 4) is 5.75 Å². The van der Waals surface area contributed by atoms with E-state index in [1.54, 1.807) is 16.8 Å². The maximum absolute atomic E-state index is 12.8. The molecule has 0 saturated carbocycles. The summed E-state index contributed by atoms with van der Waals surface area (Å²) in [5, 5.41) is 0. The van der Waals surface area contributed by atoms with Gasteiger partial charge in [0.1, 0.15) is 17.9 Å². The highest BCUT2D eigenvalue weighted by Gasteiger charge is 2.35. The molecule has 2 atom stereocenters. The standard InChI is InChI=1S/C19H27N3O3/c1-4-21-13-15(25-18-10-6-5-8-16(18)21)12-20(3)19(24)17-9-7-11-22(17)14(2)23/h5-6,8,10,15,17H,4,7,9,11-13H2,1-3H3/t15?,17-/m0/s1. The van der Waals surface area contributed by atoms with Crippen LogP contribution in [0.1, 0.15) is 26.7 Å². The third-order valence-electron chi connectivity index (χ3n) is 5.10. The first-order valence-corrected chi connectivity index (χ1v) is 9.04. The number of carbonyl (C=O) groups is 2. The number of benzene rings is 1. The first-order chi connectivity index (χ1) is 12.0. The van der Waals surface area contributed by atoms with Crippen LogP contribution in [0.15, 0.2) is 24.3 Å². The highest BCUT2D eigenvalue weighted by molar-refractivity contribution is 5.87. The molecule has 25 heavy (non-hydrogen) atoms. The zero-order valence-corrected chi connectivity index (χ0v) is 15.3. The van der Waals surface area contributed by atoms with Gasteiger partial charge in [0.2, 0.25) is 11.8 Å². The van der Waals surface area contributed by atoms with Crippen molar-refractivity contribution >= 4 is 17.5 Å². The van der Waals surface area contributed by atoms with Gasteiger partial charge in [-0.25, -0.2) is 0 Å². The van der Waals surface area contributed by atoms with Gasteiger partial charge in [-0.3, -0.25) is 9.59 Å². The Kier molecular flexibility index (Phi) is 5.16. The van der Waals surface area contributed by atoms with E-state index in [2.05, 4.69) is 17.9 Å². The number of likely N-dealkylation sites (N-methyl/N-ethyl adjacent to an activating group) is 2. The van der Waals surface area contributed by atoms with Crippen LogP contribution in [-0.4, -0.2) is 67.0 Å². The summed E-state index contributed by atoms with van der Waals surface area (Å²) < 4.78 is 6.11. The third-order valence-corrected chi connectivity index (χ3v) is 5.10. The largest absolute Gasteiger partial charge is 0.485 e. The minimum atomic E-state index is -0.319. The van der Waals surface area contributed by atoms with Gasteiger partial charge in [0.05, 0.1) is 18.8 Å². The van der Waals surface area contributed by atoms with Crippen LogP contribution >= 0.6 is 0 Å². The van der Waals surface area contributed by atoms with E-state index in [4.69, 9.17) is 4.74 Å².